The molecule has 2 amide bonds. The molecular formula is C22H30F3N3O3. The number of likely N-dealkylation sites (tertiary alicyclic amines) is 1. The molecule has 6 nitrogen and oxygen atoms in total. The summed E-state index contributed by atoms with van der Waals surface area (Å²) in [6, 6.07) is 5.57. The summed E-state index contributed by atoms with van der Waals surface area (Å²) in [6.07, 6.45) is 1.00. The fourth-order valence-corrected chi connectivity index (χ4v) is 4.25. The summed E-state index contributed by atoms with van der Waals surface area (Å²) in [5, 5.41) is 2.89. The van der Waals surface area contributed by atoms with Crippen LogP contribution in [0.1, 0.15) is 50.5 Å². The normalized spacial score (nSPS) is 22.0. The van der Waals surface area contributed by atoms with E-state index in [0.717, 1.165) is 32.1 Å². The van der Waals surface area contributed by atoms with Gasteiger partial charge in [0.2, 0.25) is 11.8 Å². The number of hydrogen-bond donors (Lipinski definition) is 1. The van der Waals surface area contributed by atoms with Crippen LogP contribution in [-0.4, -0.2) is 60.2 Å². The van der Waals surface area contributed by atoms with Crippen LogP contribution in [0.5, 0.6) is 5.75 Å². The zero-order chi connectivity index (χ0) is 22.3. The fraction of sp³-hybridized carbons (Fsp3) is 0.636. The Morgan fingerprint density at radius 3 is 2.71 bits per heavy atom. The number of carbonyl (C=O) groups is 2. The number of rotatable bonds is 4. The first-order valence-corrected chi connectivity index (χ1v) is 11.0. The predicted molar refractivity (Wildman–Crippen MR) is 109 cm³/mol. The van der Waals surface area contributed by atoms with Gasteiger partial charge in [-0.3, -0.25) is 14.5 Å². The number of benzene rings is 1. The van der Waals surface area contributed by atoms with Crippen molar-refractivity contribution in [3.63, 3.8) is 0 Å². The van der Waals surface area contributed by atoms with Crippen molar-refractivity contribution >= 4 is 11.8 Å². The van der Waals surface area contributed by atoms with Crippen molar-refractivity contribution in [3.05, 3.63) is 29.8 Å². The molecule has 0 aliphatic carbocycles. The number of ether oxygens (including phenoxy) is 1. The second kappa shape index (κ2) is 10.8. The zero-order valence-electron chi connectivity index (χ0n) is 17.6. The lowest BCUT2D eigenvalue weighted by Crippen LogP contribution is -2.46. The van der Waals surface area contributed by atoms with E-state index in [1.54, 1.807) is 11.0 Å². The van der Waals surface area contributed by atoms with Gasteiger partial charge in [0.25, 0.3) is 0 Å². The number of alkyl halides is 3. The standard InChI is InChI=1S/C22H30F3N3O3/c23-22(24,25)31-18-8-5-7-17(15-18)16-28-13-6-9-19(28)21(30)27-12-4-2-1-3-11-26-20(29)10-14-27/h5,7-8,15,19H,1-4,6,9-14,16H2,(H,26,29)/t19-/m0/s1. The molecule has 2 aliphatic heterocycles. The van der Waals surface area contributed by atoms with Crippen molar-refractivity contribution in [1.29, 1.82) is 0 Å². The van der Waals surface area contributed by atoms with Crippen LogP contribution in [0, 0.1) is 0 Å². The third-order valence-electron chi connectivity index (χ3n) is 5.76. The first-order chi connectivity index (χ1) is 14.8. The highest BCUT2D eigenvalue weighted by Gasteiger charge is 2.34. The zero-order valence-corrected chi connectivity index (χ0v) is 17.6. The maximum Gasteiger partial charge on any atom is 0.573 e. The molecule has 1 atom stereocenters. The van der Waals surface area contributed by atoms with Crippen molar-refractivity contribution < 1.29 is 27.5 Å². The first kappa shape index (κ1) is 23.4. The van der Waals surface area contributed by atoms with Gasteiger partial charge in [-0.25, -0.2) is 0 Å². The Labute approximate surface area is 180 Å². The second-order valence-corrected chi connectivity index (χ2v) is 8.16. The Balaban J connectivity index is 1.65. The van der Waals surface area contributed by atoms with Crippen molar-refractivity contribution in [2.24, 2.45) is 0 Å². The molecule has 1 aromatic rings. The van der Waals surface area contributed by atoms with Crippen LogP contribution >= 0.6 is 0 Å². The van der Waals surface area contributed by atoms with E-state index in [1.807, 2.05) is 4.90 Å². The average molecular weight is 441 g/mol. The molecule has 0 spiro atoms. The van der Waals surface area contributed by atoms with Crippen LogP contribution in [0.25, 0.3) is 0 Å². The van der Waals surface area contributed by atoms with Gasteiger partial charge in [-0.2, -0.15) is 0 Å². The Morgan fingerprint density at radius 1 is 1.10 bits per heavy atom. The monoisotopic (exact) mass is 441 g/mol. The summed E-state index contributed by atoms with van der Waals surface area (Å²) in [7, 11) is 0. The highest BCUT2D eigenvalue weighted by atomic mass is 19.4. The minimum Gasteiger partial charge on any atom is -0.406 e. The summed E-state index contributed by atoms with van der Waals surface area (Å²) in [6.45, 7) is 2.78. The van der Waals surface area contributed by atoms with Gasteiger partial charge in [0, 0.05) is 32.6 Å². The largest absolute Gasteiger partial charge is 0.573 e. The highest BCUT2D eigenvalue weighted by molar-refractivity contribution is 5.83. The first-order valence-electron chi connectivity index (χ1n) is 11.0. The number of hydrogen-bond acceptors (Lipinski definition) is 4. The molecule has 2 fully saturated rings. The smallest absolute Gasteiger partial charge is 0.406 e. The number of amides is 2. The quantitative estimate of drug-likeness (QED) is 0.778. The molecule has 3 rings (SSSR count). The van der Waals surface area contributed by atoms with E-state index in [-0.39, 0.29) is 30.0 Å². The maximum atomic E-state index is 13.3. The third kappa shape index (κ3) is 7.41. The number of nitrogens with zero attached hydrogens (tertiary/aromatic N) is 2. The fourth-order valence-electron chi connectivity index (χ4n) is 4.25. The van der Waals surface area contributed by atoms with Crippen LogP contribution in [-0.2, 0) is 16.1 Å². The van der Waals surface area contributed by atoms with Gasteiger partial charge in [0.05, 0.1) is 6.04 Å². The van der Waals surface area contributed by atoms with Crippen molar-refractivity contribution in [2.75, 3.05) is 26.2 Å². The summed E-state index contributed by atoms with van der Waals surface area (Å²) < 4.78 is 41.5. The molecule has 9 heteroatoms. The van der Waals surface area contributed by atoms with E-state index in [0.29, 0.717) is 44.7 Å². The molecule has 0 radical (unpaired) electrons. The second-order valence-electron chi connectivity index (χ2n) is 8.16. The van der Waals surface area contributed by atoms with Gasteiger partial charge in [-0.15, -0.1) is 13.2 Å². The minimum atomic E-state index is -4.74. The van der Waals surface area contributed by atoms with Gasteiger partial charge >= 0.3 is 6.36 Å². The van der Waals surface area contributed by atoms with E-state index >= 15 is 0 Å². The third-order valence-corrected chi connectivity index (χ3v) is 5.76. The topological polar surface area (TPSA) is 61.9 Å². The van der Waals surface area contributed by atoms with Crippen molar-refractivity contribution in [2.45, 2.75) is 63.9 Å². The van der Waals surface area contributed by atoms with Gasteiger partial charge in [-0.05, 0) is 49.9 Å². The number of nitrogens with one attached hydrogen (secondary N) is 1. The summed E-state index contributed by atoms with van der Waals surface area (Å²) >= 11 is 0. The summed E-state index contributed by atoms with van der Waals surface area (Å²) in [5.41, 5.74) is 0.665. The molecule has 172 valence electrons. The van der Waals surface area contributed by atoms with Crippen LogP contribution in [0.15, 0.2) is 24.3 Å². The summed E-state index contributed by atoms with van der Waals surface area (Å²) in [4.78, 5) is 29.1. The number of halogens is 3. The van der Waals surface area contributed by atoms with Crippen LogP contribution < -0.4 is 10.1 Å². The minimum absolute atomic E-state index is 0.00671. The Bertz CT molecular complexity index is 757. The molecule has 2 saturated heterocycles. The van der Waals surface area contributed by atoms with Crippen LogP contribution in [0.4, 0.5) is 13.2 Å². The molecule has 0 bridgehead atoms. The van der Waals surface area contributed by atoms with Gasteiger partial charge in [0.15, 0.2) is 0 Å². The van der Waals surface area contributed by atoms with Crippen LogP contribution in [0.2, 0.25) is 0 Å². The van der Waals surface area contributed by atoms with Crippen LogP contribution in [0.3, 0.4) is 0 Å². The molecule has 0 aromatic heterocycles. The van der Waals surface area contributed by atoms with E-state index in [2.05, 4.69) is 10.1 Å². The lowest BCUT2D eigenvalue weighted by molar-refractivity contribution is -0.274. The lowest BCUT2D eigenvalue weighted by Gasteiger charge is -2.30. The Kier molecular flexibility index (Phi) is 8.17. The molecule has 0 unspecified atom stereocenters. The summed E-state index contributed by atoms with van der Waals surface area (Å²) in [5.74, 6) is -0.290. The highest BCUT2D eigenvalue weighted by Crippen LogP contribution is 2.26. The molecule has 2 heterocycles. The average Bonchev–Trinajstić information content (AvgIpc) is 3.13. The number of carbonyl (C=O) groups excluding carboxylic acids is 2. The molecule has 1 N–H and O–H groups in total. The molecular weight excluding hydrogens is 411 g/mol. The molecule has 2 aliphatic rings. The SMILES string of the molecule is O=C1CCN(C(=O)[C@@H]2CCCN2Cc2cccc(OC(F)(F)F)c2)CCCCCCN1. The van der Waals surface area contributed by atoms with E-state index in [1.165, 1.54) is 18.2 Å². The van der Waals surface area contributed by atoms with Crippen molar-refractivity contribution in [3.8, 4) is 5.75 Å². The van der Waals surface area contributed by atoms with E-state index in [4.69, 9.17) is 0 Å². The molecule has 1 aromatic carbocycles. The van der Waals surface area contributed by atoms with Crippen molar-refractivity contribution in [1.82, 2.24) is 15.1 Å². The predicted octanol–water partition coefficient (Wildman–Crippen LogP) is 3.46. The lowest BCUT2D eigenvalue weighted by atomic mass is 10.1. The maximum absolute atomic E-state index is 13.3. The molecule has 0 saturated carbocycles. The van der Waals surface area contributed by atoms with E-state index in [9.17, 15) is 22.8 Å². The Hall–Kier alpha value is -2.29. The van der Waals surface area contributed by atoms with Gasteiger partial charge in [-0.1, -0.05) is 25.0 Å². The Morgan fingerprint density at radius 2 is 1.90 bits per heavy atom. The van der Waals surface area contributed by atoms with Gasteiger partial charge in [0.1, 0.15) is 5.75 Å². The molecule has 31 heavy (non-hydrogen) atoms. The van der Waals surface area contributed by atoms with Gasteiger partial charge < -0.3 is 15.0 Å². The van der Waals surface area contributed by atoms with E-state index < -0.39 is 6.36 Å².